The number of imide groups is 1. The van der Waals surface area contributed by atoms with Gasteiger partial charge >= 0.3 is 0 Å². The van der Waals surface area contributed by atoms with Gasteiger partial charge < -0.3 is 14.4 Å². The predicted molar refractivity (Wildman–Crippen MR) is 121 cm³/mol. The first-order valence-electron chi connectivity index (χ1n) is 9.29. The highest BCUT2D eigenvalue weighted by atomic mass is 32.2. The van der Waals surface area contributed by atoms with E-state index >= 15 is 0 Å². The highest BCUT2D eigenvalue weighted by molar-refractivity contribution is 8.18. The zero-order chi connectivity index (χ0) is 21.6. The van der Waals surface area contributed by atoms with Gasteiger partial charge in [0.2, 0.25) is 11.8 Å². The minimum Gasteiger partial charge on any atom is -0.492 e. The van der Waals surface area contributed by atoms with E-state index in [9.17, 15) is 9.59 Å². The van der Waals surface area contributed by atoms with Crippen molar-refractivity contribution in [3.63, 3.8) is 0 Å². The Labute approximate surface area is 186 Å². The summed E-state index contributed by atoms with van der Waals surface area (Å²) in [5.74, 6) is 2.10. The summed E-state index contributed by atoms with van der Waals surface area (Å²) in [6.07, 6.45) is 3.33. The van der Waals surface area contributed by atoms with Gasteiger partial charge in [0.15, 0.2) is 0 Å². The van der Waals surface area contributed by atoms with E-state index in [0.717, 1.165) is 23.1 Å². The summed E-state index contributed by atoms with van der Waals surface area (Å²) in [5.41, 5.74) is 0.813. The van der Waals surface area contributed by atoms with Crippen LogP contribution >= 0.6 is 23.1 Å². The van der Waals surface area contributed by atoms with Gasteiger partial charge in [0.1, 0.15) is 18.1 Å². The molecule has 4 rings (SSSR count). The molecule has 158 valence electrons. The van der Waals surface area contributed by atoms with Gasteiger partial charge in [-0.15, -0.1) is 11.3 Å². The van der Waals surface area contributed by atoms with Crippen LogP contribution in [-0.4, -0.2) is 41.3 Å². The number of amides is 2. The third-order valence-electron chi connectivity index (χ3n) is 4.19. The number of ether oxygens (including phenoxy) is 2. The maximum atomic E-state index is 11.6. The third kappa shape index (κ3) is 5.62. The molecule has 10 heteroatoms. The van der Waals surface area contributed by atoms with E-state index in [4.69, 9.17) is 9.47 Å². The van der Waals surface area contributed by atoms with Crippen LogP contribution in [0.2, 0.25) is 0 Å². The van der Waals surface area contributed by atoms with E-state index in [2.05, 4.69) is 15.3 Å². The number of benzene rings is 1. The fraction of sp³-hybridized carbons (Fsp3) is 0.143. The van der Waals surface area contributed by atoms with Gasteiger partial charge in [-0.2, -0.15) is 4.98 Å². The van der Waals surface area contributed by atoms with E-state index < -0.39 is 0 Å². The molecule has 1 aromatic carbocycles. The number of aromatic nitrogens is 2. The Balaban J connectivity index is 1.28. The van der Waals surface area contributed by atoms with Crippen molar-refractivity contribution >= 4 is 46.3 Å². The van der Waals surface area contributed by atoms with E-state index in [1.165, 1.54) is 0 Å². The molecule has 0 spiro atoms. The molecular formula is C21H18N4O4S2. The minimum atomic E-state index is -0.370. The summed E-state index contributed by atoms with van der Waals surface area (Å²) < 4.78 is 11.5. The summed E-state index contributed by atoms with van der Waals surface area (Å²) >= 11 is 2.45. The molecule has 1 aliphatic heterocycles. The fourth-order valence-electron chi connectivity index (χ4n) is 2.64. The molecule has 1 fully saturated rings. The molecule has 31 heavy (non-hydrogen) atoms. The van der Waals surface area contributed by atoms with Crippen LogP contribution in [0.3, 0.4) is 0 Å². The summed E-state index contributed by atoms with van der Waals surface area (Å²) in [7, 11) is 1.88. The topological polar surface area (TPSA) is 93.7 Å². The number of thioether (sulfide) groups is 1. The standard InChI is InChI=1S/C21H18N4O4S2/c1-25(20-22-8-6-18(23-20)29-16-7-11-30-13-16)9-10-28-15-4-2-14(3-5-15)12-17-19(26)24-21(27)31-17/h2-8,11-13H,9-10H2,1H3,(H,24,26,27). The van der Waals surface area contributed by atoms with Gasteiger partial charge in [-0.1, -0.05) is 12.1 Å². The number of nitrogens with zero attached hydrogens (tertiary/aromatic N) is 3. The zero-order valence-corrected chi connectivity index (χ0v) is 18.1. The first-order chi connectivity index (χ1) is 15.1. The molecule has 0 atom stereocenters. The largest absolute Gasteiger partial charge is 0.492 e. The van der Waals surface area contributed by atoms with Gasteiger partial charge in [0.05, 0.1) is 11.4 Å². The molecule has 1 N–H and O–H groups in total. The molecule has 2 aromatic heterocycles. The number of hydrogen-bond acceptors (Lipinski definition) is 9. The summed E-state index contributed by atoms with van der Waals surface area (Å²) in [4.78, 5) is 33.8. The van der Waals surface area contributed by atoms with Crippen molar-refractivity contribution in [2.24, 2.45) is 0 Å². The second-order valence-electron chi connectivity index (χ2n) is 6.45. The molecule has 0 aliphatic carbocycles. The number of nitrogens with one attached hydrogen (secondary N) is 1. The average Bonchev–Trinajstić information content (AvgIpc) is 3.38. The Bertz CT molecular complexity index is 1100. The van der Waals surface area contributed by atoms with Crippen molar-refractivity contribution in [2.75, 3.05) is 25.1 Å². The lowest BCUT2D eigenvalue weighted by molar-refractivity contribution is -0.115. The number of likely N-dealkylation sites (N-methyl/N-ethyl adjacent to an activating group) is 1. The Hall–Kier alpha value is -3.37. The van der Waals surface area contributed by atoms with Crippen LogP contribution in [-0.2, 0) is 4.79 Å². The molecule has 0 saturated carbocycles. The van der Waals surface area contributed by atoms with Crippen LogP contribution in [0.15, 0.2) is 58.3 Å². The normalized spacial score (nSPS) is 14.5. The molecule has 0 bridgehead atoms. The van der Waals surface area contributed by atoms with Gasteiger partial charge in [-0.25, -0.2) is 4.98 Å². The first kappa shape index (κ1) is 20.9. The zero-order valence-electron chi connectivity index (χ0n) is 16.5. The predicted octanol–water partition coefficient (Wildman–Crippen LogP) is 4.17. The Kier molecular flexibility index (Phi) is 6.48. The van der Waals surface area contributed by atoms with Crippen molar-refractivity contribution in [1.82, 2.24) is 15.3 Å². The Morgan fingerprint density at radius 1 is 1.13 bits per heavy atom. The van der Waals surface area contributed by atoms with E-state index in [0.29, 0.717) is 35.6 Å². The van der Waals surface area contributed by atoms with Gasteiger partial charge in [-0.05, 0) is 47.0 Å². The molecule has 0 unspecified atom stereocenters. The SMILES string of the molecule is CN(CCOc1ccc(C=C2SC(=O)NC2=O)cc1)c1nccc(Oc2ccsc2)n1. The number of carbonyl (C=O) groups excluding carboxylic acids is 2. The molecule has 1 aliphatic rings. The molecular weight excluding hydrogens is 436 g/mol. The lowest BCUT2D eigenvalue weighted by atomic mass is 10.2. The number of rotatable bonds is 8. The van der Waals surface area contributed by atoms with Crippen LogP contribution in [0, 0.1) is 0 Å². The van der Waals surface area contributed by atoms with Gasteiger partial charge in [0, 0.05) is 24.7 Å². The lowest BCUT2D eigenvalue weighted by Gasteiger charge is -2.17. The van der Waals surface area contributed by atoms with Crippen molar-refractivity contribution in [2.45, 2.75) is 0 Å². The molecule has 3 heterocycles. The van der Waals surface area contributed by atoms with Crippen LogP contribution in [0.1, 0.15) is 5.56 Å². The fourth-order valence-corrected chi connectivity index (χ4v) is 3.87. The lowest BCUT2D eigenvalue weighted by Crippen LogP contribution is -2.25. The maximum Gasteiger partial charge on any atom is 0.290 e. The van der Waals surface area contributed by atoms with E-state index in [1.54, 1.807) is 29.7 Å². The quantitative estimate of drug-likeness (QED) is 0.507. The molecule has 8 nitrogen and oxygen atoms in total. The summed E-state index contributed by atoms with van der Waals surface area (Å²) in [6, 6.07) is 10.9. The minimum absolute atomic E-state index is 0.354. The Morgan fingerprint density at radius 3 is 2.68 bits per heavy atom. The average molecular weight is 455 g/mol. The highest BCUT2D eigenvalue weighted by Crippen LogP contribution is 2.26. The van der Waals surface area contributed by atoms with Crippen LogP contribution in [0.4, 0.5) is 10.7 Å². The summed E-state index contributed by atoms with van der Waals surface area (Å²) in [6.45, 7) is 1.01. The van der Waals surface area contributed by atoms with Crippen molar-refractivity contribution in [1.29, 1.82) is 0 Å². The van der Waals surface area contributed by atoms with Crippen molar-refractivity contribution in [3.05, 3.63) is 63.8 Å². The van der Waals surface area contributed by atoms with Crippen LogP contribution in [0.5, 0.6) is 17.4 Å². The second-order valence-corrected chi connectivity index (χ2v) is 8.24. The molecule has 1 saturated heterocycles. The number of hydrogen-bond donors (Lipinski definition) is 1. The highest BCUT2D eigenvalue weighted by Gasteiger charge is 2.24. The monoisotopic (exact) mass is 454 g/mol. The summed E-state index contributed by atoms with van der Waals surface area (Å²) in [5, 5.41) is 5.73. The van der Waals surface area contributed by atoms with Crippen molar-refractivity contribution in [3.8, 4) is 17.4 Å². The third-order valence-corrected chi connectivity index (χ3v) is 5.66. The second kappa shape index (κ2) is 9.63. The van der Waals surface area contributed by atoms with E-state index in [-0.39, 0.29) is 11.1 Å². The molecule has 2 amide bonds. The van der Waals surface area contributed by atoms with Crippen LogP contribution in [0.25, 0.3) is 6.08 Å². The van der Waals surface area contributed by atoms with Crippen LogP contribution < -0.4 is 19.7 Å². The van der Waals surface area contributed by atoms with Gasteiger partial charge in [0.25, 0.3) is 11.1 Å². The maximum absolute atomic E-state index is 11.6. The first-order valence-corrected chi connectivity index (χ1v) is 11.0. The molecule has 0 radical (unpaired) electrons. The van der Waals surface area contributed by atoms with Crippen molar-refractivity contribution < 1.29 is 19.1 Å². The number of carbonyl (C=O) groups is 2. The number of anilines is 1. The smallest absolute Gasteiger partial charge is 0.290 e. The number of thiophene rings is 1. The van der Waals surface area contributed by atoms with Gasteiger partial charge in [-0.3, -0.25) is 14.9 Å². The molecule has 3 aromatic rings. The Morgan fingerprint density at radius 2 is 1.97 bits per heavy atom. The van der Waals surface area contributed by atoms with E-state index in [1.807, 2.05) is 53.0 Å².